The lowest BCUT2D eigenvalue weighted by molar-refractivity contribution is 0.283. The van der Waals surface area contributed by atoms with Crippen LogP contribution >= 0.6 is 30.6 Å². The standard InChI is InChI=1S/C40H56N4O8P4/c1-9-25-45-53(49-37-21-13-17-33(5)29-37)41-54(46-26-10-2,50-38-22-14-18-34(6)30-38)43-56(48-28-12-4,52-40-24-16-20-36(8)32-40)44-55(42-53,47-27-11-3)51-39-23-15-19-35(7)31-39/h13-24,29-32H,9-12,25-28H2,1-8H3. The van der Waals surface area contributed by atoms with Crippen molar-refractivity contribution in [3.63, 3.8) is 0 Å². The average molecular weight is 845 g/mol. The van der Waals surface area contributed by atoms with E-state index in [2.05, 4.69) is 0 Å². The number of benzene rings is 4. The van der Waals surface area contributed by atoms with Crippen molar-refractivity contribution in [2.24, 2.45) is 18.1 Å². The molecule has 1 aliphatic rings. The van der Waals surface area contributed by atoms with E-state index in [1.807, 2.05) is 152 Å². The zero-order chi connectivity index (χ0) is 40.1. The molecule has 56 heavy (non-hydrogen) atoms. The largest absolute Gasteiger partial charge is 0.422 e. The first kappa shape index (κ1) is 44.0. The summed E-state index contributed by atoms with van der Waals surface area (Å²) >= 11 is 0. The van der Waals surface area contributed by atoms with Crippen molar-refractivity contribution < 1.29 is 36.2 Å². The summed E-state index contributed by atoms with van der Waals surface area (Å²) in [5.74, 6) is 1.93. The fourth-order valence-electron chi connectivity index (χ4n) is 5.18. The minimum absolute atomic E-state index is 0.232. The zero-order valence-corrected chi connectivity index (χ0v) is 37.3. The summed E-state index contributed by atoms with van der Waals surface area (Å²) in [6.45, 7) is 16.9. The third-order valence-electron chi connectivity index (χ3n) is 7.61. The summed E-state index contributed by atoms with van der Waals surface area (Å²) in [5, 5.41) is 0. The Morgan fingerprint density at radius 1 is 0.357 bits per heavy atom. The van der Waals surface area contributed by atoms with Crippen LogP contribution in [0.15, 0.2) is 115 Å². The van der Waals surface area contributed by atoms with Crippen molar-refractivity contribution >= 4 is 30.6 Å². The van der Waals surface area contributed by atoms with Crippen molar-refractivity contribution in [2.75, 3.05) is 26.4 Å². The zero-order valence-electron chi connectivity index (χ0n) is 33.7. The molecule has 5 rings (SSSR count). The van der Waals surface area contributed by atoms with Crippen LogP contribution in [0.1, 0.15) is 75.6 Å². The second-order valence-electron chi connectivity index (χ2n) is 13.3. The van der Waals surface area contributed by atoms with E-state index in [0.717, 1.165) is 22.3 Å². The molecule has 304 valence electrons. The molecule has 0 saturated heterocycles. The van der Waals surface area contributed by atoms with Gasteiger partial charge in [0.15, 0.2) is 0 Å². The normalized spacial score (nSPS) is 23.3. The molecule has 4 aromatic rings. The third kappa shape index (κ3) is 12.4. The summed E-state index contributed by atoms with van der Waals surface area (Å²) in [7, 11) is -15.8. The van der Waals surface area contributed by atoms with Gasteiger partial charge in [-0.3, -0.25) is 18.1 Å². The van der Waals surface area contributed by atoms with E-state index < -0.39 is 30.6 Å². The first-order valence-corrected chi connectivity index (χ1v) is 25.3. The van der Waals surface area contributed by atoms with E-state index in [9.17, 15) is 0 Å². The molecule has 0 amide bonds. The summed E-state index contributed by atoms with van der Waals surface area (Å²) in [4.78, 5) is 0. The van der Waals surface area contributed by atoms with Gasteiger partial charge in [-0.05, 0) is 124 Å². The molecule has 0 saturated carbocycles. The molecule has 0 unspecified atom stereocenters. The average Bonchev–Trinajstić information content (AvgIpc) is 3.14. The molecule has 0 atom stereocenters. The van der Waals surface area contributed by atoms with Gasteiger partial charge in [0.05, 0.1) is 26.4 Å². The van der Waals surface area contributed by atoms with Crippen LogP contribution in [0.5, 0.6) is 23.0 Å². The number of hydrogen-bond donors (Lipinski definition) is 0. The van der Waals surface area contributed by atoms with E-state index in [1.54, 1.807) is 0 Å². The van der Waals surface area contributed by atoms with E-state index in [0.29, 0.717) is 48.7 Å². The van der Waals surface area contributed by atoms with Gasteiger partial charge < -0.3 is 18.1 Å². The maximum absolute atomic E-state index is 6.94. The maximum Gasteiger partial charge on any atom is 0.404 e. The Morgan fingerprint density at radius 3 is 0.750 bits per heavy atom. The van der Waals surface area contributed by atoms with Crippen LogP contribution < -0.4 is 18.1 Å². The van der Waals surface area contributed by atoms with Gasteiger partial charge in [-0.1, -0.05) is 76.2 Å². The molecule has 12 nitrogen and oxygen atoms in total. The van der Waals surface area contributed by atoms with Gasteiger partial charge >= 0.3 is 30.6 Å². The molecule has 0 fully saturated rings. The highest BCUT2D eigenvalue weighted by Gasteiger charge is 2.46. The summed E-state index contributed by atoms with van der Waals surface area (Å²) in [6.07, 6.45) is 2.52. The molecule has 0 bridgehead atoms. The first-order chi connectivity index (χ1) is 27.0. The van der Waals surface area contributed by atoms with Crippen LogP contribution in [0, 0.1) is 27.7 Å². The summed E-state index contributed by atoms with van der Waals surface area (Å²) < 4.78 is 76.6. The molecule has 0 aromatic heterocycles. The Morgan fingerprint density at radius 2 is 0.571 bits per heavy atom. The van der Waals surface area contributed by atoms with Gasteiger partial charge in [-0.2, -0.15) is 0 Å². The Kier molecular flexibility index (Phi) is 16.1. The number of hydrogen-bond acceptors (Lipinski definition) is 12. The van der Waals surface area contributed by atoms with Crippen LogP contribution in [0.4, 0.5) is 0 Å². The quantitative estimate of drug-likeness (QED) is 0.0806. The van der Waals surface area contributed by atoms with Crippen LogP contribution in [-0.4, -0.2) is 26.4 Å². The number of aryl methyl sites for hydroxylation is 4. The summed E-state index contributed by atoms with van der Waals surface area (Å²) in [6, 6.07) is 30.5. The lowest BCUT2D eigenvalue weighted by atomic mass is 10.2. The predicted octanol–water partition coefficient (Wildman–Crippen LogP) is 15.0. The van der Waals surface area contributed by atoms with Gasteiger partial charge in [-0.15, -0.1) is 18.1 Å². The van der Waals surface area contributed by atoms with Gasteiger partial charge in [-0.25, -0.2) is 0 Å². The molecular formula is C40H56N4O8P4. The second-order valence-corrected chi connectivity index (χ2v) is 21.8. The molecule has 4 aromatic carbocycles. The van der Waals surface area contributed by atoms with Crippen molar-refractivity contribution in [3.05, 3.63) is 119 Å². The molecule has 1 aliphatic heterocycles. The highest BCUT2D eigenvalue weighted by atomic mass is 31.3. The highest BCUT2D eigenvalue weighted by molar-refractivity contribution is 7.79. The smallest absolute Gasteiger partial charge is 0.404 e. The fraction of sp³-hybridized carbons (Fsp3) is 0.400. The second kappa shape index (κ2) is 20.5. The van der Waals surface area contributed by atoms with Crippen molar-refractivity contribution in [3.8, 4) is 23.0 Å². The molecule has 0 N–H and O–H groups in total. The van der Waals surface area contributed by atoms with E-state index in [-0.39, 0.29) is 26.4 Å². The van der Waals surface area contributed by atoms with Gasteiger partial charge in [0.1, 0.15) is 23.0 Å². The van der Waals surface area contributed by atoms with E-state index >= 15 is 0 Å². The minimum atomic E-state index is -3.95. The maximum atomic E-state index is 6.94. The minimum Gasteiger partial charge on any atom is -0.422 e. The van der Waals surface area contributed by atoms with Crippen LogP contribution in [0.25, 0.3) is 0 Å². The molecule has 0 radical (unpaired) electrons. The molecule has 1 heterocycles. The van der Waals surface area contributed by atoms with Gasteiger partial charge in [0.2, 0.25) is 0 Å². The van der Waals surface area contributed by atoms with Crippen molar-refractivity contribution in [1.82, 2.24) is 0 Å². The summed E-state index contributed by atoms with van der Waals surface area (Å²) in [5.41, 5.74) is 3.89. The Hall–Kier alpha value is -3.16. The van der Waals surface area contributed by atoms with Gasteiger partial charge in [0.25, 0.3) is 0 Å². The predicted molar refractivity (Wildman–Crippen MR) is 230 cm³/mol. The van der Waals surface area contributed by atoms with Crippen molar-refractivity contribution in [1.29, 1.82) is 0 Å². The molecular weight excluding hydrogens is 788 g/mol. The Balaban J connectivity index is 2.00. The molecule has 0 aliphatic carbocycles. The molecule has 0 spiro atoms. The van der Waals surface area contributed by atoms with Crippen molar-refractivity contribution in [2.45, 2.75) is 81.1 Å². The van der Waals surface area contributed by atoms with Gasteiger partial charge in [0, 0.05) is 0 Å². The van der Waals surface area contributed by atoms with E-state index in [4.69, 9.17) is 54.3 Å². The first-order valence-electron chi connectivity index (χ1n) is 19.1. The van der Waals surface area contributed by atoms with E-state index in [1.165, 1.54) is 0 Å². The third-order valence-corrected chi connectivity index (χ3v) is 18.7. The lowest BCUT2D eigenvalue weighted by Crippen LogP contribution is -2.09. The Bertz CT molecular complexity index is 1840. The number of nitrogens with zero attached hydrogens (tertiary/aromatic N) is 4. The van der Waals surface area contributed by atoms with Crippen LogP contribution in [0.2, 0.25) is 0 Å². The molecule has 16 heteroatoms. The number of rotatable bonds is 20. The highest BCUT2D eigenvalue weighted by Crippen LogP contribution is 2.80. The van der Waals surface area contributed by atoms with Crippen LogP contribution in [-0.2, 0) is 18.1 Å². The van der Waals surface area contributed by atoms with Crippen LogP contribution in [0.3, 0.4) is 0 Å². The Labute approximate surface area is 333 Å². The topological polar surface area (TPSA) is 123 Å². The fourth-order valence-corrected chi connectivity index (χ4v) is 17.9. The monoisotopic (exact) mass is 844 g/mol. The lowest BCUT2D eigenvalue weighted by Gasteiger charge is -2.33. The SMILES string of the molecule is CCCOP1(Oc2cccc(C)c2)=NP(OCCC)(Oc2cccc(C)c2)=NP(OCCC)(Oc2cccc(C)c2)=NP(OCCC)(Oc2cccc(C)c2)=N1.